The summed E-state index contributed by atoms with van der Waals surface area (Å²) < 4.78 is 0.830. The van der Waals surface area contributed by atoms with Crippen LogP contribution in [0.3, 0.4) is 0 Å². The molecule has 0 spiro atoms. The van der Waals surface area contributed by atoms with Crippen LogP contribution in [-0.4, -0.2) is 34.5 Å². The van der Waals surface area contributed by atoms with E-state index < -0.39 is 0 Å². The van der Waals surface area contributed by atoms with Crippen LogP contribution in [-0.2, 0) is 0 Å². The maximum absolute atomic E-state index is 9.91. The van der Waals surface area contributed by atoms with E-state index in [0.29, 0.717) is 11.8 Å². The van der Waals surface area contributed by atoms with E-state index in [-0.39, 0.29) is 6.10 Å². The molecule has 1 aromatic heterocycles. The van der Waals surface area contributed by atoms with Crippen LogP contribution in [0.4, 0.5) is 5.13 Å². The van der Waals surface area contributed by atoms with Crippen LogP contribution in [0.2, 0.25) is 0 Å². The molecule has 0 unspecified atom stereocenters. The molecule has 2 aliphatic rings. The first-order chi connectivity index (χ1) is 7.24. The van der Waals surface area contributed by atoms with Crippen molar-refractivity contribution in [3.63, 3.8) is 0 Å². The maximum atomic E-state index is 9.91. The molecule has 82 valence electrons. The van der Waals surface area contributed by atoms with Gasteiger partial charge in [0.05, 0.1) is 6.10 Å². The predicted molar refractivity (Wildman–Crippen MR) is 62.0 cm³/mol. The van der Waals surface area contributed by atoms with Gasteiger partial charge in [-0.05, 0) is 28.8 Å². The van der Waals surface area contributed by atoms with E-state index in [2.05, 4.69) is 31.0 Å². The molecule has 2 heterocycles. The van der Waals surface area contributed by atoms with Crippen molar-refractivity contribution in [3.8, 4) is 0 Å². The second-order valence-corrected chi connectivity index (χ2v) is 6.56. The van der Waals surface area contributed by atoms with E-state index in [1.165, 1.54) is 0 Å². The van der Waals surface area contributed by atoms with Gasteiger partial charge in [-0.2, -0.15) is 0 Å². The van der Waals surface area contributed by atoms with Gasteiger partial charge in [-0.25, -0.2) is 0 Å². The zero-order valence-corrected chi connectivity index (χ0v) is 10.5. The van der Waals surface area contributed by atoms with Crippen molar-refractivity contribution in [1.82, 2.24) is 10.2 Å². The molecule has 2 bridgehead atoms. The van der Waals surface area contributed by atoms with Crippen molar-refractivity contribution >= 4 is 32.4 Å². The van der Waals surface area contributed by atoms with Crippen LogP contribution in [0.5, 0.6) is 0 Å². The molecule has 3 rings (SSSR count). The molecule has 1 N–H and O–H groups in total. The second kappa shape index (κ2) is 3.68. The highest BCUT2D eigenvalue weighted by Gasteiger charge is 2.41. The van der Waals surface area contributed by atoms with Crippen molar-refractivity contribution < 1.29 is 5.11 Å². The molecule has 4 nitrogen and oxygen atoms in total. The highest BCUT2D eigenvalue weighted by atomic mass is 79.9. The van der Waals surface area contributed by atoms with E-state index in [1.54, 1.807) is 11.3 Å². The molecule has 0 amide bonds. The number of nitrogens with zero attached hydrogens (tertiary/aromatic N) is 3. The fraction of sp³-hybridized carbons (Fsp3) is 0.778. The van der Waals surface area contributed by atoms with Crippen molar-refractivity contribution in [1.29, 1.82) is 0 Å². The van der Waals surface area contributed by atoms with Gasteiger partial charge in [-0.15, -0.1) is 10.2 Å². The number of halogens is 1. The highest BCUT2D eigenvalue weighted by Crippen LogP contribution is 2.39. The highest BCUT2D eigenvalue weighted by molar-refractivity contribution is 9.11. The van der Waals surface area contributed by atoms with Gasteiger partial charge in [0.2, 0.25) is 5.13 Å². The number of hydrogen-bond acceptors (Lipinski definition) is 5. The van der Waals surface area contributed by atoms with E-state index >= 15 is 0 Å². The molecule has 1 aliphatic carbocycles. The quantitative estimate of drug-likeness (QED) is 0.851. The van der Waals surface area contributed by atoms with E-state index in [0.717, 1.165) is 35.0 Å². The Morgan fingerprint density at radius 2 is 1.93 bits per heavy atom. The molecule has 15 heavy (non-hydrogen) atoms. The Kier molecular flexibility index (Phi) is 2.45. The molecule has 0 radical (unpaired) electrons. The monoisotopic (exact) mass is 289 g/mol. The zero-order valence-electron chi connectivity index (χ0n) is 8.14. The smallest absolute Gasteiger partial charge is 0.209 e. The van der Waals surface area contributed by atoms with Gasteiger partial charge in [0.25, 0.3) is 0 Å². The van der Waals surface area contributed by atoms with Crippen molar-refractivity contribution in [3.05, 3.63) is 3.92 Å². The molecular weight excluding hydrogens is 278 g/mol. The molecule has 1 aromatic rings. The lowest BCUT2D eigenvalue weighted by atomic mass is 9.96. The van der Waals surface area contributed by atoms with Crippen LogP contribution < -0.4 is 4.90 Å². The lowest BCUT2D eigenvalue weighted by molar-refractivity contribution is 0.0792. The lowest BCUT2D eigenvalue weighted by Gasteiger charge is -2.34. The van der Waals surface area contributed by atoms with Crippen LogP contribution in [0.15, 0.2) is 3.92 Å². The number of fused-ring (bicyclic) bond motifs is 2. The first-order valence-corrected chi connectivity index (χ1v) is 6.77. The molecule has 1 saturated carbocycles. The first kappa shape index (κ1) is 9.99. The van der Waals surface area contributed by atoms with Gasteiger partial charge in [-0.3, -0.25) is 0 Å². The molecular formula is C9H12BrN3OS. The summed E-state index contributed by atoms with van der Waals surface area (Å²) in [6.07, 6.45) is 2.22. The molecule has 6 heteroatoms. The summed E-state index contributed by atoms with van der Waals surface area (Å²) in [6, 6.07) is 0. The van der Waals surface area contributed by atoms with Crippen molar-refractivity contribution in [2.75, 3.05) is 18.0 Å². The van der Waals surface area contributed by atoms with E-state index in [1.807, 2.05) is 0 Å². The Labute approximate surface area is 100 Å². The molecule has 1 aliphatic heterocycles. The topological polar surface area (TPSA) is 49.2 Å². The minimum atomic E-state index is -0.0855. The van der Waals surface area contributed by atoms with Crippen LogP contribution in [0.25, 0.3) is 0 Å². The third-order valence-electron chi connectivity index (χ3n) is 3.44. The Morgan fingerprint density at radius 1 is 1.27 bits per heavy atom. The number of aliphatic hydroxyl groups is 1. The van der Waals surface area contributed by atoms with Gasteiger partial charge in [-0.1, -0.05) is 11.3 Å². The summed E-state index contributed by atoms with van der Waals surface area (Å²) in [5, 5.41) is 19.0. The zero-order chi connectivity index (χ0) is 10.4. The summed E-state index contributed by atoms with van der Waals surface area (Å²) in [5.74, 6) is 0.873. The van der Waals surface area contributed by atoms with E-state index in [9.17, 15) is 5.11 Å². The summed E-state index contributed by atoms with van der Waals surface area (Å²) >= 11 is 4.89. The van der Waals surface area contributed by atoms with Gasteiger partial charge in [0.1, 0.15) is 0 Å². The van der Waals surface area contributed by atoms with Crippen molar-refractivity contribution in [2.45, 2.75) is 18.9 Å². The number of aromatic nitrogens is 2. The standard InChI is InChI=1S/C9H12BrN3OS/c10-8-11-12-9(15-8)13-3-5-1-2-6(4-13)7(5)14/h5-7,14H,1-4H2/t5-,6+,7-. The third-order valence-corrected chi connectivity index (χ3v) is 4.86. The van der Waals surface area contributed by atoms with Gasteiger partial charge in [0, 0.05) is 24.9 Å². The SMILES string of the molecule is O[C@@H]1[C@@H]2CC[C@H]1CN(c1nnc(Br)s1)C2. The minimum absolute atomic E-state index is 0.0855. The van der Waals surface area contributed by atoms with Crippen molar-refractivity contribution in [2.24, 2.45) is 11.8 Å². The second-order valence-electron chi connectivity index (χ2n) is 4.33. The average molecular weight is 290 g/mol. The first-order valence-electron chi connectivity index (χ1n) is 5.16. The summed E-state index contributed by atoms with van der Waals surface area (Å²) in [4.78, 5) is 2.26. The Morgan fingerprint density at radius 3 is 2.47 bits per heavy atom. The van der Waals surface area contributed by atoms with Crippen LogP contribution in [0.1, 0.15) is 12.8 Å². The average Bonchev–Trinajstić information content (AvgIpc) is 2.70. The maximum Gasteiger partial charge on any atom is 0.209 e. The van der Waals surface area contributed by atoms with Crippen LogP contribution in [0, 0.1) is 11.8 Å². The summed E-state index contributed by atoms with van der Waals surface area (Å²) in [6.45, 7) is 1.86. The number of piperidine rings is 1. The van der Waals surface area contributed by atoms with Gasteiger partial charge >= 0.3 is 0 Å². The fourth-order valence-electron chi connectivity index (χ4n) is 2.68. The van der Waals surface area contributed by atoms with E-state index in [4.69, 9.17) is 0 Å². The normalized spacial score (nSPS) is 34.8. The number of hydrogen-bond donors (Lipinski definition) is 1. The summed E-state index contributed by atoms with van der Waals surface area (Å²) in [7, 11) is 0. The third kappa shape index (κ3) is 1.68. The Hall–Kier alpha value is -0.200. The molecule has 3 atom stereocenters. The molecule has 2 fully saturated rings. The number of rotatable bonds is 1. The fourth-order valence-corrected chi connectivity index (χ4v) is 3.78. The van der Waals surface area contributed by atoms with Gasteiger partial charge in [0.15, 0.2) is 3.92 Å². The summed E-state index contributed by atoms with van der Waals surface area (Å²) in [5.41, 5.74) is 0. The Balaban J connectivity index is 1.80. The molecule has 0 aromatic carbocycles. The largest absolute Gasteiger partial charge is 0.392 e. The number of anilines is 1. The molecule has 1 saturated heterocycles. The predicted octanol–water partition coefficient (Wildman–Crippen LogP) is 1.51. The lowest BCUT2D eigenvalue weighted by Crippen LogP contribution is -2.44. The Bertz CT molecular complexity index is 358. The van der Waals surface area contributed by atoms with Gasteiger partial charge < -0.3 is 10.0 Å². The minimum Gasteiger partial charge on any atom is -0.392 e. The number of aliphatic hydroxyl groups excluding tert-OH is 1. The van der Waals surface area contributed by atoms with Crippen LogP contribution >= 0.6 is 27.3 Å².